The van der Waals surface area contributed by atoms with Crippen molar-refractivity contribution in [3.63, 3.8) is 0 Å². The highest BCUT2D eigenvalue weighted by Crippen LogP contribution is 2.36. The van der Waals surface area contributed by atoms with Gasteiger partial charge < -0.3 is 20.1 Å². The molecule has 6 nitrogen and oxygen atoms in total. The zero-order chi connectivity index (χ0) is 23.8. The number of rotatable bonds is 10. The van der Waals surface area contributed by atoms with Crippen LogP contribution in [0, 0.1) is 0 Å². The van der Waals surface area contributed by atoms with Crippen molar-refractivity contribution in [3.05, 3.63) is 52.0 Å². The molecule has 0 atom stereocenters. The van der Waals surface area contributed by atoms with E-state index in [1.807, 2.05) is 0 Å². The van der Waals surface area contributed by atoms with Crippen molar-refractivity contribution in [3.8, 4) is 11.5 Å². The van der Waals surface area contributed by atoms with Crippen LogP contribution in [-0.4, -0.2) is 56.7 Å². The Morgan fingerprint density at radius 1 is 1.09 bits per heavy atom. The normalized spacial score (nSPS) is 14.7. The Labute approximate surface area is 202 Å². The molecule has 0 saturated carbocycles. The second kappa shape index (κ2) is 11.8. The Kier molecular flexibility index (Phi) is 9.14. The van der Waals surface area contributed by atoms with Crippen LogP contribution in [0.4, 0.5) is 14.5 Å². The standard InChI is InChI=1S/C23H27Cl2F2N3O3/c1-2-23(26,27)16-3-5-21(18(24)13-16)33-15-22(31)29-17-4-6-20(19(25)14-17)32-12-11-30-9-7-28-8-10-30/h3-6,13-14,28H,2,7-12,15H2,1H3,(H,29,31). The molecule has 2 aromatic carbocycles. The monoisotopic (exact) mass is 501 g/mol. The van der Waals surface area contributed by atoms with Gasteiger partial charge in [0.15, 0.2) is 6.61 Å². The van der Waals surface area contributed by atoms with Gasteiger partial charge in [-0.1, -0.05) is 30.1 Å². The van der Waals surface area contributed by atoms with Crippen molar-refractivity contribution in [2.75, 3.05) is 51.3 Å². The summed E-state index contributed by atoms with van der Waals surface area (Å²) in [6, 6.07) is 8.69. The summed E-state index contributed by atoms with van der Waals surface area (Å²) < 4.78 is 38.7. The number of benzene rings is 2. The fourth-order valence-electron chi connectivity index (χ4n) is 3.31. The molecule has 0 spiro atoms. The maximum absolute atomic E-state index is 13.8. The summed E-state index contributed by atoms with van der Waals surface area (Å²) in [7, 11) is 0. The summed E-state index contributed by atoms with van der Waals surface area (Å²) in [5.41, 5.74) is 0.281. The molecule has 0 aliphatic carbocycles. The number of ether oxygens (including phenoxy) is 2. The van der Waals surface area contributed by atoms with Gasteiger partial charge in [0.1, 0.15) is 18.1 Å². The largest absolute Gasteiger partial charge is 0.491 e. The highest BCUT2D eigenvalue weighted by molar-refractivity contribution is 6.32. The highest BCUT2D eigenvalue weighted by atomic mass is 35.5. The Morgan fingerprint density at radius 2 is 1.76 bits per heavy atom. The quantitative estimate of drug-likeness (QED) is 0.489. The summed E-state index contributed by atoms with van der Waals surface area (Å²) in [6.07, 6.45) is -0.339. The number of halogens is 4. The number of amides is 1. The molecule has 1 fully saturated rings. The lowest BCUT2D eigenvalue weighted by atomic mass is 10.1. The fraction of sp³-hybridized carbons (Fsp3) is 0.435. The van der Waals surface area contributed by atoms with E-state index in [4.69, 9.17) is 32.7 Å². The van der Waals surface area contributed by atoms with Crippen LogP contribution in [0.1, 0.15) is 18.9 Å². The van der Waals surface area contributed by atoms with Gasteiger partial charge in [-0.05, 0) is 36.4 Å². The first kappa shape index (κ1) is 25.5. The van der Waals surface area contributed by atoms with Crippen molar-refractivity contribution < 1.29 is 23.0 Å². The highest BCUT2D eigenvalue weighted by Gasteiger charge is 2.29. The van der Waals surface area contributed by atoms with Gasteiger partial charge in [-0.3, -0.25) is 9.69 Å². The molecule has 0 bridgehead atoms. The van der Waals surface area contributed by atoms with Crippen molar-refractivity contribution in [2.45, 2.75) is 19.3 Å². The maximum Gasteiger partial charge on any atom is 0.273 e. The van der Waals surface area contributed by atoms with Crippen LogP contribution in [0.25, 0.3) is 0 Å². The molecular weight excluding hydrogens is 475 g/mol. The molecule has 0 unspecified atom stereocenters. The van der Waals surface area contributed by atoms with Gasteiger partial charge in [0, 0.05) is 50.4 Å². The number of piperazine rings is 1. The average molecular weight is 502 g/mol. The number of hydrogen-bond donors (Lipinski definition) is 2. The number of hydrogen-bond acceptors (Lipinski definition) is 5. The smallest absolute Gasteiger partial charge is 0.273 e. The summed E-state index contributed by atoms with van der Waals surface area (Å²) in [5.74, 6) is -2.73. The van der Waals surface area contributed by atoms with E-state index in [0.717, 1.165) is 38.8 Å². The zero-order valence-corrected chi connectivity index (χ0v) is 19.8. The van der Waals surface area contributed by atoms with E-state index in [1.165, 1.54) is 19.1 Å². The number of carbonyl (C=O) groups is 1. The summed E-state index contributed by atoms with van der Waals surface area (Å²) in [5, 5.41) is 6.37. The minimum Gasteiger partial charge on any atom is -0.491 e. The number of alkyl halides is 2. The third-order valence-corrected chi connectivity index (χ3v) is 5.84. The van der Waals surface area contributed by atoms with Crippen LogP contribution in [0.2, 0.25) is 10.0 Å². The Balaban J connectivity index is 1.47. The van der Waals surface area contributed by atoms with E-state index >= 15 is 0 Å². The minimum atomic E-state index is -2.97. The van der Waals surface area contributed by atoms with Crippen molar-refractivity contribution >= 4 is 34.8 Å². The first-order chi connectivity index (χ1) is 15.8. The molecule has 0 aromatic heterocycles. The third-order valence-electron chi connectivity index (χ3n) is 5.25. The molecule has 3 rings (SSSR count). The van der Waals surface area contributed by atoms with Gasteiger partial charge in [0.25, 0.3) is 11.8 Å². The third kappa shape index (κ3) is 7.43. The van der Waals surface area contributed by atoms with Crippen LogP contribution < -0.4 is 20.1 Å². The van der Waals surface area contributed by atoms with E-state index in [-0.39, 0.29) is 29.4 Å². The first-order valence-electron chi connectivity index (χ1n) is 10.7. The van der Waals surface area contributed by atoms with E-state index in [9.17, 15) is 13.6 Å². The van der Waals surface area contributed by atoms with Crippen LogP contribution in [0.5, 0.6) is 11.5 Å². The predicted octanol–water partition coefficient (Wildman–Crippen LogP) is 4.80. The molecule has 180 valence electrons. The molecule has 0 radical (unpaired) electrons. The van der Waals surface area contributed by atoms with Gasteiger partial charge in [-0.25, -0.2) is 8.78 Å². The Morgan fingerprint density at radius 3 is 2.42 bits per heavy atom. The molecule has 10 heteroatoms. The second-order valence-corrected chi connectivity index (χ2v) is 8.44. The minimum absolute atomic E-state index is 0.0128. The number of anilines is 1. The van der Waals surface area contributed by atoms with Gasteiger partial charge in [-0.15, -0.1) is 0 Å². The second-order valence-electron chi connectivity index (χ2n) is 7.63. The Hall–Kier alpha value is -2.13. The summed E-state index contributed by atoms with van der Waals surface area (Å²) in [4.78, 5) is 14.5. The van der Waals surface area contributed by atoms with Crippen LogP contribution in [0.15, 0.2) is 36.4 Å². The van der Waals surface area contributed by atoms with Crippen LogP contribution in [-0.2, 0) is 10.7 Å². The average Bonchev–Trinajstić information content (AvgIpc) is 2.80. The molecule has 1 amide bonds. The van der Waals surface area contributed by atoms with Gasteiger partial charge in [-0.2, -0.15) is 0 Å². The van der Waals surface area contributed by atoms with E-state index in [2.05, 4.69) is 15.5 Å². The molecule has 33 heavy (non-hydrogen) atoms. The molecule has 2 N–H and O–H groups in total. The molecule has 1 saturated heterocycles. The van der Waals surface area contributed by atoms with Gasteiger partial charge >= 0.3 is 0 Å². The van der Waals surface area contributed by atoms with Gasteiger partial charge in [0.2, 0.25) is 0 Å². The lowest BCUT2D eigenvalue weighted by Crippen LogP contribution is -2.44. The van der Waals surface area contributed by atoms with E-state index in [1.54, 1.807) is 18.2 Å². The Bertz CT molecular complexity index is 957. The molecule has 1 aliphatic heterocycles. The molecule has 1 heterocycles. The number of nitrogens with zero attached hydrogens (tertiary/aromatic N) is 1. The van der Waals surface area contributed by atoms with Crippen LogP contribution in [0.3, 0.4) is 0 Å². The maximum atomic E-state index is 13.8. The first-order valence-corrected chi connectivity index (χ1v) is 11.5. The number of carbonyl (C=O) groups excluding carboxylic acids is 1. The lowest BCUT2D eigenvalue weighted by molar-refractivity contribution is -0.118. The number of nitrogens with one attached hydrogen (secondary N) is 2. The fourth-order valence-corrected chi connectivity index (χ4v) is 3.78. The predicted molar refractivity (Wildman–Crippen MR) is 126 cm³/mol. The van der Waals surface area contributed by atoms with Gasteiger partial charge in [0.05, 0.1) is 10.0 Å². The van der Waals surface area contributed by atoms with Crippen molar-refractivity contribution in [2.24, 2.45) is 0 Å². The summed E-state index contributed by atoms with van der Waals surface area (Å²) in [6.45, 7) is 6.31. The molecule has 2 aromatic rings. The van der Waals surface area contributed by atoms with Crippen molar-refractivity contribution in [1.29, 1.82) is 0 Å². The van der Waals surface area contributed by atoms with Crippen molar-refractivity contribution in [1.82, 2.24) is 10.2 Å². The van der Waals surface area contributed by atoms with Crippen LogP contribution >= 0.6 is 23.2 Å². The molecular formula is C23H27Cl2F2N3O3. The lowest BCUT2D eigenvalue weighted by Gasteiger charge is -2.27. The SMILES string of the molecule is CCC(F)(F)c1ccc(OCC(=O)Nc2ccc(OCCN3CCNCC3)c(Cl)c2)c(Cl)c1. The molecule has 1 aliphatic rings. The zero-order valence-electron chi connectivity index (χ0n) is 18.3. The topological polar surface area (TPSA) is 62.8 Å². The van der Waals surface area contributed by atoms with E-state index in [0.29, 0.717) is 23.1 Å². The van der Waals surface area contributed by atoms with E-state index < -0.39 is 11.8 Å². The summed E-state index contributed by atoms with van der Waals surface area (Å²) >= 11 is 12.3.